The van der Waals surface area contributed by atoms with Crippen molar-refractivity contribution in [3.05, 3.63) is 18.7 Å². The Morgan fingerprint density at radius 2 is 2.38 bits per heavy atom. The Labute approximate surface area is 95.3 Å². The molecule has 16 heavy (non-hydrogen) atoms. The normalized spacial score (nSPS) is 30.2. The van der Waals surface area contributed by atoms with Crippen molar-refractivity contribution in [2.24, 2.45) is 11.8 Å². The van der Waals surface area contributed by atoms with Crippen LogP contribution < -0.4 is 0 Å². The summed E-state index contributed by atoms with van der Waals surface area (Å²) in [6, 6.07) is 0.0821. The first-order chi connectivity index (χ1) is 7.72. The first-order valence-corrected chi connectivity index (χ1v) is 5.92. The van der Waals surface area contributed by atoms with Crippen LogP contribution in [0.25, 0.3) is 0 Å². The Bertz CT molecular complexity index is 348. The minimum atomic E-state index is -0.673. The van der Waals surface area contributed by atoms with Crippen LogP contribution in [0, 0.1) is 11.8 Å². The number of hydrogen-bond donors (Lipinski definition) is 1. The molecule has 0 bridgehead atoms. The molecule has 1 heterocycles. The zero-order valence-corrected chi connectivity index (χ0v) is 9.54. The average Bonchev–Trinajstić information content (AvgIpc) is 2.81. The van der Waals surface area contributed by atoms with Gasteiger partial charge in [-0.1, -0.05) is 13.3 Å². The van der Waals surface area contributed by atoms with Gasteiger partial charge in [0.2, 0.25) is 0 Å². The zero-order valence-electron chi connectivity index (χ0n) is 9.54. The van der Waals surface area contributed by atoms with Gasteiger partial charge in [-0.3, -0.25) is 4.79 Å². The molecule has 1 aliphatic carbocycles. The van der Waals surface area contributed by atoms with Crippen molar-refractivity contribution in [2.45, 2.75) is 38.6 Å². The van der Waals surface area contributed by atoms with E-state index in [1.807, 2.05) is 10.8 Å². The molecule has 1 saturated carbocycles. The topological polar surface area (TPSA) is 55.1 Å². The van der Waals surface area contributed by atoms with Crippen LogP contribution in [-0.4, -0.2) is 20.6 Å². The van der Waals surface area contributed by atoms with E-state index in [4.69, 9.17) is 0 Å². The van der Waals surface area contributed by atoms with Gasteiger partial charge >= 0.3 is 5.97 Å². The van der Waals surface area contributed by atoms with Gasteiger partial charge in [0.15, 0.2) is 0 Å². The molecule has 0 spiro atoms. The lowest BCUT2D eigenvalue weighted by Crippen LogP contribution is -2.32. The quantitative estimate of drug-likeness (QED) is 0.854. The summed E-state index contributed by atoms with van der Waals surface area (Å²) in [5.74, 6) is -0.270. The average molecular weight is 222 g/mol. The van der Waals surface area contributed by atoms with Crippen LogP contribution >= 0.6 is 0 Å². The van der Waals surface area contributed by atoms with Crippen molar-refractivity contribution in [2.75, 3.05) is 0 Å². The highest BCUT2D eigenvalue weighted by atomic mass is 16.4. The highest BCUT2D eigenvalue weighted by Gasteiger charge is 2.35. The van der Waals surface area contributed by atoms with E-state index in [0.717, 1.165) is 25.7 Å². The van der Waals surface area contributed by atoms with Gasteiger partial charge in [-0.25, -0.2) is 4.98 Å². The molecular weight excluding hydrogens is 204 g/mol. The van der Waals surface area contributed by atoms with Crippen LogP contribution in [0.3, 0.4) is 0 Å². The smallest absolute Gasteiger partial charge is 0.308 e. The molecule has 4 nitrogen and oxygen atoms in total. The monoisotopic (exact) mass is 222 g/mol. The van der Waals surface area contributed by atoms with E-state index in [9.17, 15) is 9.90 Å². The van der Waals surface area contributed by atoms with Gasteiger partial charge in [0, 0.05) is 18.4 Å². The van der Waals surface area contributed by atoms with Gasteiger partial charge in [-0.2, -0.15) is 0 Å². The summed E-state index contributed by atoms with van der Waals surface area (Å²) >= 11 is 0. The molecule has 1 aliphatic rings. The minimum Gasteiger partial charge on any atom is -0.481 e. The van der Waals surface area contributed by atoms with Crippen LogP contribution in [0.5, 0.6) is 0 Å². The number of carbonyl (C=O) groups is 1. The third-order valence-electron chi connectivity index (χ3n) is 3.73. The summed E-state index contributed by atoms with van der Waals surface area (Å²) < 4.78 is 1.96. The molecule has 0 amide bonds. The van der Waals surface area contributed by atoms with Crippen molar-refractivity contribution in [3.8, 4) is 0 Å². The first kappa shape index (κ1) is 11.2. The van der Waals surface area contributed by atoms with Crippen LogP contribution in [0.15, 0.2) is 18.7 Å². The summed E-state index contributed by atoms with van der Waals surface area (Å²) in [5.41, 5.74) is 0. The fraction of sp³-hybridized carbons (Fsp3) is 0.667. The zero-order chi connectivity index (χ0) is 11.5. The van der Waals surface area contributed by atoms with Crippen molar-refractivity contribution >= 4 is 5.97 Å². The number of aliphatic carboxylic acids is 1. The predicted octanol–water partition coefficient (Wildman–Crippen LogP) is 2.34. The second-order valence-electron chi connectivity index (χ2n) is 4.61. The van der Waals surface area contributed by atoms with E-state index in [0.29, 0.717) is 5.92 Å². The van der Waals surface area contributed by atoms with Gasteiger partial charge in [0.25, 0.3) is 0 Å². The number of carboxylic acid groups (broad SMARTS) is 1. The molecule has 3 atom stereocenters. The minimum absolute atomic E-state index is 0.0821. The largest absolute Gasteiger partial charge is 0.481 e. The summed E-state index contributed by atoms with van der Waals surface area (Å²) in [6.07, 6.45) is 9.25. The lowest BCUT2D eigenvalue weighted by Gasteiger charge is -2.34. The van der Waals surface area contributed by atoms with Gasteiger partial charge in [0.1, 0.15) is 0 Å². The third-order valence-corrected chi connectivity index (χ3v) is 3.73. The molecule has 4 heteroatoms. The van der Waals surface area contributed by atoms with Crippen LogP contribution in [0.4, 0.5) is 0 Å². The molecule has 0 aliphatic heterocycles. The number of nitrogens with zero attached hydrogens (tertiary/aromatic N) is 2. The van der Waals surface area contributed by atoms with E-state index in [-0.39, 0.29) is 12.0 Å². The summed E-state index contributed by atoms with van der Waals surface area (Å²) in [7, 11) is 0. The fourth-order valence-corrected chi connectivity index (χ4v) is 2.69. The highest BCUT2D eigenvalue weighted by molar-refractivity contribution is 5.70. The molecule has 1 N–H and O–H groups in total. The van der Waals surface area contributed by atoms with Gasteiger partial charge in [-0.05, 0) is 25.2 Å². The Hall–Kier alpha value is -1.32. The van der Waals surface area contributed by atoms with Gasteiger partial charge in [0.05, 0.1) is 12.2 Å². The van der Waals surface area contributed by atoms with Gasteiger partial charge in [-0.15, -0.1) is 0 Å². The Morgan fingerprint density at radius 1 is 1.56 bits per heavy atom. The molecular formula is C12H18N2O2. The molecule has 3 unspecified atom stereocenters. The first-order valence-electron chi connectivity index (χ1n) is 5.92. The number of aromatic nitrogens is 2. The molecule has 1 aromatic heterocycles. The van der Waals surface area contributed by atoms with Crippen molar-refractivity contribution in [1.82, 2.24) is 9.55 Å². The Morgan fingerprint density at radius 3 is 2.94 bits per heavy atom. The van der Waals surface area contributed by atoms with E-state index in [2.05, 4.69) is 11.9 Å². The molecule has 1 fully saturated rings. The van der Waals surface area contributed by atoms with Gasteiger partial charge < -0.3 is 9.67 Å². The second kappa shape index (κ2) is 4.68. The van der Waals surface area contributed by atoms with Crippen molar-refractivity contribution in [3.63, 3.8) is 0 Å². The molecule has 0 radical (unpaired) electrons. The number of imidazole rings is 1. The van der Waals surface area contributed by atoms with Crippen LogP contribution in [0.1, 0.15) is 38.6 Å². The maximum atomic E-state index is 11.2. The van der Waals surface area contributed by atoms with E-state index in [1.165, 1.54) is 0 Å². The number of hydrogen-bond acceptors (Lipinski definition) is 2. The summed E-state index contributed by atoms with van der Waals surface area (Å²) in [6.45, 7) is 2.18. The highest BCUT2D eigenvalue weighted by Crippen LogP contribution is 2.38. The second-order valence-corrected chi connectivity index (χ2v) is 4.61. The van der Waals surface area contributed by atoms with E-state index >= 15 is 0 Å². The maximum absolute atomic E-state index is 11.2. The van der Waals surface area contributed by atoms with Crippen molar-refractivity contribution in [1.29, 1.82) is 0 Å². The maximum Gasteiger partial charge on any atom is 0.308 e. The van der Waals surface area contributed by atoms with E-state index < -0.39 is 5.97 Å². The Balaban J connectivity index is 2.18. The van der Waals surface area contributed by atoms with E-state index in [1.54, 1.807) is 12.5 Å². The molecule has 0 aromatic carbocycles. The summed E-state index contributed by atoms with van der Waals surface area (Å²) in [5, 5.41) is 9.23. The number of carboxylic acids is 1. The standard InChI is InChI=1S/C12H18N2O2/c1-2-9-3-4-10(12(15)16)11(7-9)14-6-5-13-8-14/h5-6,8-11H,2-4,7H2,1H3,(H,15,16). The van der Waals surface area contributed by atoms with Crippen LogP contribution in [0.2, 0.25) is 0 Å². The predicted molar refractivity (Wildman–Crippen MR) is 60.0 cm³/mol. The number of rotatable bonds is 3. The van der Waals surface area contributed by atoms with Crippen molar-refractivity contribution < 1.29 is 9.90 Å². The molecule has 1 aromatic rings. The summed E-state index contributed by atoms with van der Waals surface area (Å²) in [4.78, 5) is 15.2. The van der Waals surface area contributed by atoms with Crippen LogP contribution in [-0.2, 0) is 4.79 Å². The molecule has 2 rings (SSSR count). The molecule has 0 saturated heterocycles. The lowest BCUT2D eigenvalue weighted by atomic mass is 9.77. The molecule has 88 valence electrons. The fourth-order valence-electron chi connectivity index (χ4n) is 2.69. The third kappa shape index (κ3) is 2.10. The SMILES string of the molecule is CCC1CCC(C(=O)O)C(n2ccnc2)C1. The Kier molecular flexibility index (Phi) is 3.27. The lowest BCUT2D eigenvalue weighted by molar-refractivity contribution is -0.145.